The first-order valence-corrected chi connectivity index (χ1v) is 12.2. The predicted molar refractivity (Wildman–Crippen MR) is 116 cm³/mol. The van der Waals surface area contributed by atoms with Crippen LogP contribution in [0.15, 0.2) is 79.4 Å². The van der Waals surface area contributed by atoms with Crippen LogP contribution in [0.2, 0.25) is 0 Å². The van der Waals surface area contributed by atoms with E-state index in [0.29, 0.717) is 5.75 Å². The van der Waals surface area contributed by atoms with Crippen LogP contribution < -0.4 is 0 Å². The summed E-state index contributed by atoms with van der Waals surface area (Å²) in [5.74, 6) is 0.570. The van der Waals surface area contributed by atoms with Crippen molar-refractivity contribution >= 4 is 28.1 Å². The summed E-state index contributed by atoms with van der Waals surface area (Å²) in [5.41, 5.74) is 1.90. The van der Waals surface area contributed by atoms with Gasteiger partial charge in [0, 0.05) is 18.1 Å². The van der Waals surface area contributed by atoms with Crippen molar-refractivity contribution in [3.05, 3.63) is 90.5 Å². The van der Waals surface area contributed by atoms with Crippen LogP contribution in [-0.2, 0) is 21.0 Å². The number of imidazole rings is 1. The summed E-state index contributed by atoms with van der Waals surface area (Å²) in [7, 11) is -4.15. The molecule has 2 saturated heterocycles. The molecule has 160 valence electrons. The number of urea groups is 1. The molecule has 0 spiro atoms. The minimum absolute atomic E-state index is 0.193. The van der Waals surface area contributed by atoms with Gasteiger partial charge in [-0.1, -0.05) is 60.7 Å². The van der Waals surface area contributed by atoms with E-state index in [1.807, 2.05) is 60.7 Å². The molecule has 2 aromatic carbocycles. The summed E-state index contributed by atoms with van der Waals surface area (Å²) in [6, 6.07) is 18.6. The van der Waals surface area contributed by atoms with Gasteiger partial charge in [-0.25, -0.2) is 17.9 Å². The van der Waals surface area contributed by atoms with Gasteiger partial charge in [0.25, 0.3) is 0 Å². The molecule has 2 amide bonds. The first-order chi connectivity index (χ1) is 15.0. The van der Waals surface area contributed by atoms with E-state index in [-0.39, 0.29) is 17.9 Å². The van der Waals surface area contributed by atoms with Gasteiger partial charge in [0.1, 0.15) is 11.7 Å². The van der Waals surface area contributed by atoms with E-state index < -0.39 is 22.6 Å². The van der Waals surface area contributed by atoms with Gasteiger partial charge < -0.3 is 4.90 Å². The van der Waals surface area contributed by atoms with Crippen molar-refractivity contribution in [3.63, 3.8) is 0 Å². The van der Waals surface area contributed by atoms with Crippen LogP contribution in [-0.4, -0.2) is 51.2 Å². The Morgan fingerprint density at radius 1 is 1.06 bits per heavy atom. The van der Waals surface area contributed by atoms with Crippen LogP contribution in [0.3, 0.4) is 0 Å². The number of aromatic nitrogens is 2. The van der Waals surface area contributed by atoms with Gasteiger partial charge in [0.15, 0.2) is 6.23 Å². The van der Waals surface area contributed by atoms with E-state index in [1.54, 1.807) is 16.7 Å². The Kier molecular flexibility index (Phi) is 5.20. The van der Waals surface area contributed by atoms with Crippen LogP contribution >= 0.6 is 11.8 Å². The predicted octanol–water partition coefficient (Wildman–Crippen LogP) is 3.07. The largest absolute Gasteiger partial charge is 0.369 e. The summed E-state index contributed by atoms with van der Waals surface area (Å²) in [4.78, 5) is 20.5. The zero-order valence-electron chi connectivity index (χ0n) is 16.4. The summed E-state index contributed by atoms with van der Waals surface area (Å²) >= 11 is 1.61. The first kappa shape index (κ1) is 20.1. The average molecular weight is 457 g/mol. The number of hydrogen-bond acceptors (Lipinski definition) is 6. The van der Waals surface area contributed by atoms with Crippen molar-refractivity contribution in [3.8, 4) is 0 Å². The highest BCUT2D eigenvalue weighted by atomic mass is 32.2. The van der Waals surface area contributed by atoms with E-state index in [1.165, 1.54) is 23.6 Å². The summed E-state index contributed by atoms with van der Waals surface area (Å²) in [6.07, 6.45) is 2.90. The molecule has 8 nitrogen and oxygen atoms in total. The van der Waals surface area contributed by atoms with E-state index in [9.17, 15) is 13.2 Å². The second-order valence-electron chi connectivity index (χ2n) is 7.30. The van der Waals surface area contributed by atoms with Crippen LogP contribution in [0.25, 0.3) is 0 Å². The quantitative estimate of drug-likeness (QED) is 0.567. The van der Waals surface area contributed by atoms with Gasteiger partial charge in [-0.3, -0.25) is 4.90 Å². The Balaban J connectivity index is 1.49. The van der Waals surface area contributed by atoms with Crippen LogP contribution in [0.5, 0.6) is 0 Å². The molecule has 2 fully saturated rings. The first-order valence-electron chi connectivity index (χ1n) is 9.76. The third kappa shape index (κ3) is 3.71. The number of rotatable bonds is 6. The number of fused-ring (bicyclic) bond motifs is 1. The zero-order chi connectivity index (χ0) is 21.4. The fourth-order valence-corrected chi connectivity index (χ4v) is 6.35. The molecular weight excluding hydrogens is 436 g/mol. The molecule has 0 aliphatic carbocycles. The molecule has 0 bridgehead atoms. The van der Waals surface area contributed by atoms with Crippen molar-refractivity contribution in [2.75, 3.05) is 5.75 Å². The Morgan fingerprint density at radius 3 is 2.45 bits per heavy atom. The summed E-state index contributed by atoms with van der Waals surface area (Å²) < 4.78 is 32.2. The third-order valence-corrected chi connectivity index (χ3v) is 7.90. The molecule has 0 N–H and O–H groups in total. The maximum Gasteiger partial charge on any atom is 0.369 e. The number of amides is 2. The topological polar surface area (TPSA) is 84.7 Å². The number of carbonyl (C=O) groups excluding carboxylic acids is 1. The van der Waals surface area contributed by atoms with Gasteiger partial charge >= 0.3 is 16.3 Å². The smallest absolute Gasteiger partial charge is 0.300 e. The van der Waals surface area contributed by atoms with Crippen molar-refractivity contribution in [2.24, 2.45) is 0 Å². The van der Waals surface area contributed by atoms with Crippen molar-refractivity contribution in [1.29, 1.82) is 0 Å². The molecule has 2 aliphatic rings. The Bertz CT molecular complexity index is 1160. The lowest BCUT2D eigenvalue weighted by atomic mass is 10.2. The van der Waals surface area contributed by atoms with Gasteiger partial charge in [0.05, 0.1) is 12.6 Å². The molecular formula is C21H20N4O4S2. The number of carbonyl (C=O) groups is 1. The molecule has 2 aliphatic heterocycles. The second kappa shape index (κ2) is 8.03. The highest BCUT2D eigenvalue weighted by molar-refractivity contribution is 7.99. The number of nitrogens with zero attached hydrogens (tertiary/aromatic N) is 4. The summed E-state index contributed by atoms with van der Waals surface area (Å²) in [5, 5.41) is -0.193. The van der Waals surface area contributed by atoms with Gasteiger partial charge in [-0.15, -0.1) is 11.8 Å². The maximum atomic E-state index is 13.5. The Morgan fingerprint density at radius 2 is 1.77 bits per heavy atom. The fraction of sp³-hybridized carbons (Fsp3) is 0.238. The molecule has 5 rings (SSSR count). The molecule has 10 heteroatoms. The van der Waals surface area contributed by atoms with E-state index in [4.69, 9.17) is 4.18 Å². The van der Waals surface area contributed by atoms with E-state index in [0.717, 1.165) is 15.1 Å². The summed E-state index contributed by atoms with van der Waals surface area (Å²) in [6.45, 7) is 0.253. The highest BCUT2D eigenvalue weighted by Gasteiger charge is 2.54. The van der Waals surface area contributed by atoms with Crippen LogP contribution in [0.4, 0.5) is 4.79 Å². The lowest BCUT2D eigenvalue weighted by Gasteiger charge is -2.25. The third-order valence-electron chi connectivity index (χ3n) is 5.38. The molecule has 31 heavy (non-hydrogen) atoms. The van der Waals surface area contributed by atoms with Crippen molar-refractivity contribution in [2.45, 2.75) is 24.2 Å². The number of hydrogen-bond donors (Lipinski definition) is 0. The zero-order valence-corrected chi connectivity index (χ0v) is 18.0. The van der Waals surface area contributed by atoms with Gasteiger partial charge in [-0.05, 0) is 11.1 Å². The van der Waals surface area contributed by atoms with Crippen LogP contribution in [0.1, 0.15) is 16.5 Å². The fourth-order valence-electron chi connectivity index (χ4n) is 3.93. The van der Waals surface area contributed by atoms with Crippen molar-refractivity contribution in [1.82, 2.24) is 18.8 Å². The molecule has 1 unspecified atom stereocenters. The highest BCUT2D eigenvalue weighted by Crippen LogP contribution is 2.47. The molecule has 1 aromatic heterocycles. The molecule has 0 radical (unpaired) electrons. The lowest BCUT2D eigenvalue weighted by Crippen LogP contribution is -2.41. The monoisotopic (exact) mass is 456 g/mol. The Labute approximate surface area is 184 Å². The van der Waals surface area contributed by atoms with E-state index >= 15 is 0 Å². The minimum atomic E-state index is -4.15. The Hall–Kier alpha value is -2.82. The van der Waals surface area contributed by atoms with Gasteiger partial charge in [-0.2, -0.15) is 8.42 Å². The molecule has 3 atom stereocenters. The van der Waals surface area contributed by atoms with E-state index in [2.05, 4.69) is 4.98 Å². The van der Waals surface area contributed by atoms with Crippen LogP contribution in [0, 0.1) is 0 Å². The standard InChI is InChI=1S/C21H20N4O4S2/c26-21-24(13-16-7-3-1-4-8-16)19(29-31(27,28)23-12-11-22-15-23)18-14-30-20(25(18)21)17-9-5-2-6-10-17/h1-12,15,18-20H,13-14H2/t18-,19+,20?/m0/s1. The van der Waals surface area contributed by atoms with Gasteiger partial charge in [0.2, 0.25) is 0 Å². The molecule has 3 aromatic rings. The average Bonchev–Trinajstić information content (AvgIpc) is 3.51. The minimum Gasteiger partial charge on any atom is -0.300 e. The number of thioether (sulfide) groups is 1. The lowest BCUT2D eigenvalue weighted by molar-refractivity contribution is 0.0635. The normalized spacial score (nSPS) is 23.4. The maximum absolute atomic E-state index is 13.5. The molecule has 0 saturated carbocycles. The second-order valence-corrected chi connectivity index (χ2v) is 9.89. The molecule has 3 heterocycles. The van der Waals surface area contributed by atoms with Crippen molar-refractivity contribution < 1.29 is 17.4 Å². The SMILES string of the molecule is O=C1N(Cc2ccccc2)[C@H](OS(=O)(=O)n2ccnc2)[C@@H]2CSC(c3ccccc3)N12. The number of benzene rings is 2.